The van der Waals surface area contributed by atoms with Crippen LogP contribution in [0.2, 0.25) is 51.4 Å². The maximum absolute atomic E-state index is 13.1. The minimum absolute atomic E-state index is 0.0881. The van der Waals surface area contributed by atoms with Gasteiger partial charge in [0.2, 0.25) is 0 Å². The largest absolute Gasteiger partial charge is 0.467 e. The van der Waals surface area contributed by atoms with Crippen LogP contribution in [-0.4, -0.2) is 42.9 Å². The summed E-state index contributed by atoms with van der Waals surface area (Å²) >= 11 is 0. The molecule has 0 fully saturated rings. The molecule has 0 aliphatic carbocycles. The zero-order valence-electron chi connectivity index (χ0n) is 23.7. The summed E-state index contributed by atoms with van der Waals surface area (Å²) in [4.78, 5) is 13.1. The standard InChI is InChI=1S/C29H42O6Si2/c1-21-9-11-24-22(2)28(29(30)35-27(24)17-21)25-12-10-23(33-19-31-13-15-36(3,4)5)18-26(25)34-20-32-14-16-37(6,7)8/h9-12,17-18H,13-16,19-20H2,1-8H3. The minimum Gasteiger partial charge on any atom is -0.467 e. The van der Waals surface area contributed by atoms with Crippen molar-refractivity contribution in [3.05, 3.63) is 57.9 Å². The Balaban J connectivity index is 1.85. The van der Waals surface area contributed by atoms with Gasteiger partial charge in [0.05, 0.1) is 5.56 Å². The molecule has 3 aromatic rings. The highest BCUT2D eigenvalue weighted by molar-refractivity contribution is 6.76. The lowest BCUT2D eigenvalue weighted by Gasteiger charge is -2.18. The van der Waals surface area contributed by atoms with E-state index in [2.05, 4.69) is 39.3 Å². The highest BCUT2D eigenvalue weighted by atomic mass is 28.3. The number of fused-ring (bicyclic) bond motifs is 1. The van der Waals surface area contributed by atoms with E-state index in [-0.39, 0.29) is 13.6 Å². The van der Waals surface area contributed by atoms with E-state index in [1.54, 1.807) is 6.07 Å². The number of aryl methyl sites for hydroxylation is 2. The molecule has 8 heteroatoms. The molecule has 202 valence electrons. The molecule has 0 atom stereocenters. The SMILES string of the molecule is Cc1ccc2c(C)c(-c3ccc(OCOCC[Si](C)(C)C)cc3OCOCC[Si](C)(C)C)c(=O)oc2c1. The second-order valence-electron chi connectivity index (χ2n) is 12.0. The first-order valence-electron chi connectivity index (χ1n) is 12.9. The van der Waals surface area contributed by atoms with Gasteiger partial charge in [-0.1, -0.05) is 51.4 Å². The maximum atomic E-state index is 13.1. The normalized spacial score (nSPS) is 12.2. The molecule has 0 radical (unpaired) electrons. The molecular formula is C29H42O6Si2. The third-order valence-electron chi connectivity index (χ3n) is 6.14. The molecule has 2 aromatic carbocycles. The van der Waals surface area contributed by atoms with Crippen LogP contribution in [0.15, 0.2) is 45.6 Å². The number of rotatable bonds is 13. The van der Waals surface area contributed by atoms with Gasteiger partial charge in [-0.25, -0.2) is 4.79 Å². The lowest BCUT2D eigenvalue weighted by molar-refractivity contribution is 0.0180. The summed E-state index contributed by atoms with van der Waals surface area (Å²) in [6.45, 7) is 19.4. The molecule has 0 spiro atoms. The maximum Gasteiger partial charge on any atom is 0.344 e. The van der Waals surface area contributed by atoms with Gasteiger partial charge < -0.3 is 23.4 Å². The van der Waals surface area contributed by atoms with Crippen LogP contribution >= 0.6 is 0 Å². The lowest BCUT2D eigenvalue weighted by atomic mass is 9.98. The summed E-state index contributed by atoms with van der Waals surface area (Å²) in [6, 6.07) is 13.5. The monoisotopic (exact) mass is 542 g/mol. The first kappa shape index (κ1) is 29.2. The van der Waals surface area contributed by atoms with Crippen LogP contribution in [0, 0.1) is 13.8 Å². The van der Waals surface area contributed by atoms with Crippen LogP contribution in [0.1, 0.15) is 11.1 Å². The zero-order valence-corrected chi connectivity index (χ0v) is 25.7. The van der Waals surface area contributed by atoms with Crippen LogP contribution in [-0.2, 0) is 9.47 Å². The molecular weight excluding hydrogens is 500 g/mol. The van der Waals surface area contributed by atoms with Crippen molar-refractivity contribution >= 4 is 27.1 Å². The van der Waals surface area contributed by atoms with E-state index in [9.17, 15) is 4.79 Å². The smallest absolute Gasteiger partial charge is 0.344 e. The molecule has 37 heavy (non-hydrogen) atoms. The van der Waals surface area contributed by atoms with Gasteiger partial charge in [0.25, 0.3) is 0 Å². The molecule has 0 amide bonds. The summed E-state index contributed by atoms with van der Waals surface area (Å²) in [5.74, 6) is 1.11. The molecule has 1 heterocycles. The third kappa shape index (κ3) is 8.84. The zero-order chi connectivity index (χ0) is 27.2. The van der Waals surface area contributed by atoms with Crippen LogP contribution in [0.5, 0.6) is 11.5 Å². The van der Waals surface area contributed by atoms with Gasteiger partial charge in [0.15, 0.2) is 13.6 Å². The molecule has 3 rings (SSSR count). The van der Waals surface area contributed by atoms with E-state index in [0.717, 1.165) is 28.6 Å². The second-order valence-corrected chi connectivity index (χ2v) is 23.3. The Bertz CT molecular complexity index is 1250. The van der Waals surface area contributed by atoms with E-state index < -0.39 is 21.8 Å². The van der Waals surface area contributed by atoms with Crippen molar-refractivity contribution in [3.8, 4) is 22.6 Å². The average Bonchev–Trinajstić information content (AvgIpc) is 2.78. The Kier molecular flexibility index (Phi) is 9.80. The highest BCUT2D eigenvalue weighted by Gasteiger charge is 2.19. The topological polar surface area (TPSA) is 67.1 Å². The van der Waals surface area contributed by atoms with Crippen molar-refractivity contribution < 1.29 is 23.4 Å². The van der Waals surface area contributed by atoms with Crippen LogP contribution < -0.4 is 15.1 Å². The first-order valence-corrected chi connectivity index (χ1v) is 20.4. The summed E-state index contributed by atoms with van der Waals surface area (Å²) < 4.78 is 29.1. The molecule has 0 saturated heterocycles. The second kappa shape index (κ2) is 12.4. The lowest BCUT2D eigenvalue weighted by Crippen LogP contribution is -2.22. The van der Waals surface area contributed by atoms with Crippen molar-refractivity contribution in [3.63, 3.8) is 0 Å². The molecule has 0 aliphatic heterocycles. The van der Waals surface area contributed by atoms with Gasteiger partial charge in [-0.2, -0.15) is 0 Å². The summed E-state index contributed by atoms with van der Waals surface area (Å²) in [5.41, 5.74) is 3.19. The number of hydrogen-bond donors (Lipinski definition) is 0. The molecule has 6 nitrogen and oxygen atoms in total. The van der Waals surface area contributed by atoms with Crippen LogP contribution in [0.25, 0.3) is 22.1 Å². The van der Waals surface area contributed by atoms with E-state index >= 15 is 0 Å². The first-order chi connectivity index (χ1) is 17.3. The fourth-order valence-electron chi connectivity index (χ4n) is 3.78. The molecule has 0 aliphatic rings. The van der Waals surface area contributed by atoms with Gasteiger partial charge >= 0.3 is 5.63 Å². The average molecular weight is 543 g/mol. The number of benzene rings is 2. The van der Waals surface area contributed by atoms with Crippen molar-refractivity contribution in [2.24, 2.45) is 0 Å². The molecule has 1 aromatic heterocycles. The Morgan fingerprint density at radius 3 is 2.03 bits per heavy atom. The van der Waals surface area contributed by atoms with Crippen molar-refractivity contribution in [2.75, 3.05) is 26.8 Å². The fourth-order valence-corrected chi connectivity index (χ4v) is 5.30. The van der Waals surface area contributed by atoms with Gasteiger partial charge in [-0.3, -0.25) is 0 Å². The predicted octanol–water partition coefficient (Wildman–Crippen LogP) is 7.46. The minimum atomic E-state index is -1.20. The predicted molar refractivity (Wildman–Crippen MR) is 157 cm³/mol. The van der Waals surface area contributed by atoms with Crippen LogP contribution in [0.4, 0.5) is 0 Å². The van der Waals surface area contributed by atoms with Gasteiger partial charge in [-0.05, 0) is 55.3 Å². The Hall–Kier alpha value is -2.40. The van der Waals surface area contributed by atoms with E-state index in [0.29, 0.717) is 41.4 Å². The Labute approximate surface area is 222 Å². The molecule has 0 N–H and O–H groups in total. The van der Waals surface area contributed by atoms with E-state index in [1.807, 2.05) is 44.2 Å². The van der Waals surface area contributed by atoms with Crippen molar-refractivity contribution in [1.82, 2.24) is 0 Å². The number of ether oxygens (including phenoxy) is 4. The van der Waals surface area contributed by atoms with Crippen molar-refractivity contribution in [1.29, 1.82) is 0 Å². The Morgan fingerprint density at radius 1 is 0.784 bits per heavy atom. The van der Waals surface area contributed by atoms with E-state index in [4.69, 9.17) is 23.4 Å². The summed E-state index contributed by atoms with van der Waals surface area (Å²) in [5, 5.41) is 0.897. The Morgan fingerprint density at radius 2 is 1.41 bits per heavy atom. The number of hydrogen-bond acceptors (Lipinski definition) is 6. The highest BCUT2D eigenvalue weighted by Crippen LogP contribution is 2.36. The van der Waals surface area contributed by atoms with Crippen LogP contribution in [0.3, 0.4) is 0 Å². The van der Waals surface area contributed by atoms with Gasteiger partial charge in [0.1, 0.15) is 17.1 Å². The van der Waals surface area contributed by atoms with Gasteiger partial charge in [0, 0.05) is 46.4 Å². The molecule has 0 saturated carbocycles. The quantitative estimate of drug-likeness (QED) is 0.0966. The van der Waals surface area contributed by atoms with E-state index in [1.165, 1.54) is 0 Å². The van der Waals surface area contributed by atoms with Crippen molar-refractivity contribution in [2.45, 2.75) is 65.2 Å². The third-order valence-corrected chi connectivity index (χ3v) is 9.55. The summed E-state index contributed by atoms with van der Waals surface area (Å²) in [7, 11) is -2.36. The molecule has 0 unspecified atom stereocenters. The summed E-state index contributed by atoms with van der Waals surface area (Å²) in [6.07, 6.45) is 0. The fraction of sp³-hybridized carbons (Fsp3) is 0.483. The van der Waals surface area contributed by atoms with Gasteiger partial charge in [-0.15, -0.1) is 0 Å². The molecule has 0 bridgehead atoms.